The van der Waals surface area contributed by atoms with Crippen LogP contribution in [0.15, 0.2) is 146 Å². The van der Waals surface area contributed by atoms with Gasteiger partial charge < -0.3 is 9.13 Å². The van der Waals surface area contributed by atoms with E-state index in [4.69, 9.17) is 0 Å². The Kier molecular flexibility index (Phi) is 10.5. The average molecular weight is 963 g/mol. The van der Waals surface area contributed by atoms with Crippen LogP contribution in [0.25, 0.3) is 88.4 Å². The lowest BCUT2D eigenvalue weighted by atomic mass is 9.97. The van der Waals surface area contributed by atoms with E-state index in [1.165, 1.54) is 24.3 Å². The lowest BCUT2D eigenvalue weighted by Gasteiger charge is -2.19. The standard InChI is InChI=1S/C54H30F12N4/c1-28-15-32(16-29(2)68-28)35-23-49(69-45-9-5-3-7-40(45)42-13-11-30(21-47(42)69)33-17-36(51(55,56)57)25-37(18-33)52(58,59)60)44(27-67)50(24-35)70-46-10-6-4-8-41(46)43-14-12-31(22-48(43)70)34-19-38(53(61,62)63)26-39(20-34)54(64,65)66/h3-26H,1-2H3. The minimum absolute atomic E-state index is 0.00150. The van der Waals surface area contributed by atoms with Crippen LogP contribution in [-0.4, -0.2) is 14.1 Å². The number of nitriles is 1. The summed E-state index contributed by atoms with van der Waals surface area (Å²) in [5.41, 5.74) is -2.29. The number of hydrogen-bond acceptors (Lipinski definition) is 2. The highest BCUT2D eigenvalue weighted by Crippen LogP contribution is 2.45. The van der Waals surface area contributed by atoms with E-state index < -0.39 is 47.0 Å². The molecule has 3 aromatic heterocycles. The maximum absolute atomic E-state index is 14.1. The first-order valence-corrected chi connectivity index (χ1v) is 21.2. The van der Waals surface area contributed by atoms with Crippen LogP contribution in [-0.2, 0) is 24.7 Å². The molecule has 0 bridgehead atoms. The van der Waals surface area contributed by atoms with Gasteiger partial charge in [-0.2, -0.15) is 57.9 Å². The lowest BCUT2D eigenvalue weighted by Crippen LogP contribution is -2.11. The lowest BCUT2D eigenvalue weighted by molar-refractivity contribution is -0.144. The van der Waals surface area contributed by atoms with E-state index in [2.05, 4.69) is 11.1 Å². The maximum atomic E-state index is 14.1. The van der Waals surface area contributed by atoms with E-state index in [1.807, 2.05) is 0 Å². The summed E-state index contributed by atoms with van der Waals surface area (Å²) in [6.07, 6.45) is -20.5. The van der Waals surface area contributed by atoms with Crippen molar-refractivity contribution in [2.24, 2.45) is 0 Å². The second-order valence-corrected chi connectivity index (χ2v) is 16.9. The molecule has 3 heterocycles. The number of aryl methyl sites for hydroxylation is 2. The summed E-state index contributed by atoms with van der Waals surface area (Å²) in [5.74, 6) is 0. The third-order valence-corrected chi connectivity index (χ3v) is 12.3. The third-order valence-electron chi connectivity index (χ3n) is 12.3. The molecule has 0 saturated heterocycles. The second-order valence-electron chi connectivity index (χ2n) is 16.9. The Morgan fingerprint density at radius 3 is 1.06 bits per heavy atom. The number of nitrogens with zero attached hydrogens (tertiary/aromatic N) is 4. The summed E-state index contributed by atoms with van der Waals surface area (Å²) in [5, 5.41) is 13.7. The number of benzene rings is 7. The van der Waals surface area contributed by atoms with E-state index in [0.717, 1.165) is 0 Å². The van der Waals surface area contributed by atoms with Gasteiger partial charge in [-0.1, -0.05) is 60.7 Å². The zero-order chi connectivity index (χ0) is 49.8. The van der Waals surface area contributed by atoms with Crippen LogP contribution in [0, 0.1) is 25.2 Å². The smallest absolute Gasteiger partial charge is 0.308 e. The second kappa shape index (κ2) is 16.0. The Hall–Kier alpha value is -8.06. The predicted octanol–water partition coefficient (Wildman–Crippen LogP) is 16.8. The third kappa shape index (κ3) is 7.94. The van der Waals surface area contributed by atoms with Crippen LogP contribution in [0.3, 0.4) is 0 Å². The molecule has 0 amide bonds. The fourth-order valence-electron chi connectivity index (χ4n) is 9.31. The minimum Gasteiger partial charge on any atom is -0.308 e. The SMILES string of the molecule is Cc1cc(-c2cc(-n3c4ccccc4c4ccc(-c5cc(C(F)(F)F)cc(C(F)(F)F)c5)cc43)c(C#N)c(-n3c4ccccc4c4ccc(-c5cc(C(F)(F)F)cc(C(F)(F)F)c5)cc43)c2)cc(C)n1. The van der Waals surface area contributed by atoms with Crippen molar-refractivity contribution >= 4 is 43.6 Å². The zero-order valence-electron chi connectivity index (χ0n) is 36.2. The molecule has 0 unspecified atom stereocenters. The number of aromatic nitrogens is 3. The molecule has 0 aliphatic carbocycles. The molecular weight excluding hydrogens is 933 g/mol. The molecule has 0 aliphatic heterocycles. The highest BCUT2D eigenvalue weighted by Gasteiger charge is 2.39. The summed E-state index contributed by atoms with van der Waals surface area (Å²) in [7, 11) is 0. The molecule has 0 aliphatic rings. The molecule has 350 valence electrons. The van der Waals surface area contributed by atoms with Crippen molar-refractivity contribution in [3.63, 3.8) is 0 Å². The molecule has 0 N–H and O–H groups in total. The van der Waals surface area contributed by atoms with Gasteiger partial charge in [-0.3, -0.25) is 4.98 Å². The van der Waals surface area contributed by atoms with Crippen molar-refractivity contribution in [2.45, 2.75) is 38.6 Å². The molecule has 70 heavy (non-hydrogen) atoms. The molecular formula is C54H30F12N4. The molecule has 0 fully saturated rings. The molecule has 10 aromatic rings. The summed E-state index contributed by atoms with van der Waals surface area (Å²) in [6.45, 7) is 3.56. The van der Waals surface area contributed by atoms with Crippen LogP contribution < -0.4 is 0 Å². The first kappa shape index (κ1) is 45.7. The van der Waals surface area contributed by atoms with Gasteiger partial charge in [-0.15, -0.1) is 0 Å². The van der Waals surface area contributed by atoms with Gasteiger partial charge in [-0.05, 0) is 132 Å². The summed E-state index contributed by atoms with van der Waals surface area (Å²) >= 11 is 0. The number of halogens is 12. The molecule has 0 spiro atoms. The van der Waals surface area contributed by atoms with Gasteiger partial charge in [0.2, 0.25) is 0 Å². The fraction of sp³-hybridized carbons (Fsp3) is 0.111. The van der Waals surface area contributed by atoms with Gasteiger partial charge in [0.05, 0.1) is 55.7 Å². The molecule has 16 heteroatoms. The van der Waals surface area contributed by atoms with Crippen molar-refractivity contribution in [1.82, 2.24) is 14.1 Å². The monoisotopic (exact) mass is 962 g/mol. The summed E-state index contributed by atoms with van der Waals surface area (Å²) in [4.78, 5) is 4.52. The molecule has 10 rings (SSSR count). The number of para-hydroxylation sites is 2. The van der Waals surface area contributed by atoms with Gasteiger partial charge >= 0.3 is 24.7 Å². The Bertz CT molecular complexity index is 3520. The van der Waals surface area contributed by atoms with Gasteiger partial charge in [0.25, 0.3) is 0 Å². The number of fused-ring (bicyclic) bond motifs is 6. The van der Waals surface area contributed by atoms with Crippen molar-refractivity contribution < 1.29 is 52.7 Å². The summed E-state index contributed by atoms with van der Waals surface area (Å²) < 4.78 is 173. The van der Waals surface area contributed by atoms with Crippen LogP contribution >= 0.6 is 0 Å². The van der Waals surface area contributed by atoms with E-state index in [9.17, 15) is 57.9 Å². The first-order valence-electron chi connectivity index (χ1n) is 21.2. The molecule has 4 nitrogen and oxygen atoms in total. The van der Waals surface area contributed by atoms with Gasteiger partial charge in [0, 0.05) is 32.9 Å². The van der Waals surface area contributed by atoms with Crippen LogP contribution in [0.4, 0.5) is 52.7 Å². The fourth-order valence-corrected chi connectivity index (χ4v) is 9.31. The van der Waals surface area contributed by atoms with Crippen LogP contribution in [0.1, 0.15) is 39.2 Å². The van der Waals surface area contributed by atoms with Crippen molar-refractivity contribution in [2.75, 3.05) is 0 Å². The quantitative estimate of drug-likeness (QED) is 0.161. The maximum Gasteiger partial charge on any atom is 0.416 e. The first-order chi connectivity index (χ1) is 33.0. The minimum atomic E-state index is -5.12. The highest BCUT2D eigenvalue weighted by molar-refractivity contribution is 6.12. The molecule has 7 aromatic carbocycles. The Morgan fingerprint density at radius 2 is 0.700 bits per heavy atom. The number of alkyl halides is 12. The Balaban J connectivity index is 1.31. The predicted molar refractivity (Wildman–Crippen MR) is 243 cm³/mol. The number of rotatable bonds is 5. The average Bonchev–Trinajstić information content (AvgIpc) is 3.81. The molecule has 0 radical (unpaired) electrons. The van der Waals surface area contributed by atoms with Crippen molar-refractivity contribution in [3.05, 3.63) is 185 Å². The highest BCUT2D eigenvalue weighted by atomic mass is 19.4. The van der Waals surface area contributed by atoms with Gasteiger partial charge in [0.1, 0.15) is 11.6 Å². The Morgan fingerprint density at radius 1 is 0.371 bits per heavy atom. The van der Waals surface area contributed by atoms with E-state index in [0.29, 0.717) is 90.4 Å². The molecule has 0 saturated carbocycles. The molecule has 0 atom stereocenters. The van der Waals surface area contributed by atoms with Crippen molar-refractivity contribution in [3.8, 4) is 50.8 Å². The number of pyridine rings is 1. The normalized spacial score (nSPS) is 12.7. The number of hydrogen-bond donors (Lipinski definition) is 0. The van der Waals surface area contributed by atoms with E-state index >= 15 is 0 Å². The summed E-state index contributed by atoms with van der Waals surface area (Å²) in [6, 6.07) is 34.9. The van der Waals surface area contributed by atoms with Gasteiger partial charge in [-0.25, -0.2) is 0 Å². The van der Waals surface area contributed by atoms with E-state index in [-0.39, 0.29) is 51.3 Å². The topological polar surface area (TPSA) is 46.5 Å². The van der Waals surface area contributed by atoms with Crippen LogP contribution in [0.2, 0.25) is 0 Å². The Labute approximate surface area is 388 Å². The largest absolute Gasteiger partial charge is 0.416 e. The van der Waals surface area contributed by atoms with E-state index in [1.54, 1.807) is 108 Å². The van der Waals surface area contributed by atoms with Crippen molar-refractivity contribution in [1.29, 1.82) is 5.26 Å². The zero-order valence-corrected chi connectivity index (χ0v) is 36.2. The van der Waals surface area contributed by atoms with Crippen LogP contribution in [0.5, 0.6) is 0 Å². The van der Waals surface area contributed by atoms with Gasteiger partial charge in [0.15, 0.2) is 0 Å².